The Hall–Kier alpha value is -0.650. The highest BCUT2D eigenvalue weighted by molar-refractivity contribution is 7.15. The molecule has 5 heteroatoms. The van der Waals surface area contributed by atoms with Gasteiger partial charge in [-0.1, -0.05) is 13.8 Å². The summed E-state index contributed by atoms with van der Waals surface area (Å²) in [6, 6.07) is 0. The summed E-state index contributed by atoms with van der Waals surface area (Å²) in [5.74, 6) is 0.466. The van der Waals surface area contributed by atoms with Crippen molar-refractivity contribution in [2.45, 2.75) is 46.3 Å². The van der Waals surface area contributed by atoms with Crippen LogP contribution in [-0.2, 0) is 11.3 Å². The summed E-state index contributed by atoms with van der Waals surface area (Å²) in [6.07, 6.45) is 0.288. The third-order valence-electron chi connectivity index (χ3n) is 2.80. The van der Waals surface area contributed by atoms with Gasteiger partial charge in [-0.15, -0.1) is 11.3 Å². The van der Waals surface area contributed by atoms with Crippen LogP contribution in [-0.4, -0.2) is 38.3 Å². The van der Waals surface area contributed by atoms with Gasteiger partial charge in [-0.25, -0.2) is 4.98 Å². The minimum atomic E-state index is 0.288. The van der Waals surface area contributed by atoms with Gasteiger partial charge in [0, 0.05) is 25.0 Å². The molecule has 1 aromatic rings. The largest absolute Gasteiger partial charge is 0.377 e. The van der Waals surface area contributed by atoms with Crippen LogP contribution in [0.15, 0.2) is 0 Å². The summed E-state index contributed by atoms with van der Waals surface area (Å²) < 4.78 is 5.59. The molecule has 0 bridgehead atoms. The van der Waals surface area contributed by atoms with E-state index in [4.69, 9.17) is 9.72 Å². The normalized spacial score (nSPS) is 11.6. The zero-order chi connectivity index (χ0) is 14.4. The van der Waals surface area contributed by atoms with E-state index in [1.165, 1.54) is 10.6 Å². The van der Waals surface area contributed by atoms with Crippen LogP contribution in [0, 0.1) is 0 Å². The van der Waals surface area contributed by atoms with Crippen molar-refractivity contribution < 1.29 is 4.74 Å². The average Bonchev–Trinajstić information content (AvgIpc) is 2.73. The van der Waals surface area contributed by atoms with Crippen LogP contribution in [0.4, 0.5) is 5.13 Å². The first-order chi connectivity index (χ1) is 8.95. The van der Waals surface area contributed by atoms with Crippen molar-refractivity contribution in [2.75, 3.05) is 32.1 Å². The fraction of sp³-hybridized carbons (Fsp3) is 0.786. The molecular formula is C14H27N3OS. The fourth-order valence-electron chi connectivity index (χ4n) is 1.77. The predicted molar refractivity (Wildman–Crippen MR) is 83.3 cm³/mol. The zero-order valence-electron chi connectivity index (χ0n) is 13.0. The van der Waals surface area contributed by atoms with E-state index in [1.807, 2.05) is 7.05 Å². The summed E-state index contributed by atoms with van der Waals surface area (Å²) >= 11 is 1.78. The molecule has 0 radical (unpaired) electrons. The molecule has 4 nitrogen and oxygen atoms in total. The Bertz CT molecular complexity index is 377. The molecule has 0 aliphatic rings. The van der Waals surface area contributed by atoms with E-state index in [-0.39, 0.29) is 6.10 Å². The quantitative estimate of drug-likeness (QED) is 0.797. The van der Waals surface area contributed by atoms with Gasteiger partial charge in [0.05, 0.1) is 18.4 Å². The number of hydrogen-bond acceptors (Lipinski definition) is 5. The minimum absolute atomic E-state index is 0.288. The number of nitrogens with one attached hydrogen (secondary N) is 1. The lowest BCUT2D eigenvalue weighted by atomic mass is 10.1. The van der Waals surface area contributed by atoms with Gasteiger partial charge in [-0.3, -0.25) is 0 Å². The van der Waals surface area contributed by atoms with Gasteiger partial charge >= 0.3 is 0 Å². The molecular weight excluding hydrogens is 258 g/mol. The number of thiazole rings is 1. The number of nitrogens with zero attached hydrogens (tertiary/aromatic N) is 2. The molecule has 0 aliphatic carbocycles. The smallest absolute Gasteiger partial charge is 0.185 e. The zero-order valence-corrected chi connectivity index (χ0v) is 13.8. The first-order valence-electron chi connectivity index (χ1n) is 6.92. The lowest BCUT2D eigenvalue weighted by molar-refractivity contribution is 0.0846. The molecule has 0 aliphatic heterocycles. The van der Waals surface area contributed by atoms with Crippen LogP contribution >= 0.6 is 11.3 Å². The maximum Gasteiger partial charge on any atom is 0.185 e. The highest BCUT2D eigenvalue weighted by Crippen LogP contribution is 2.30. The van der Waals surface area contributed by atoms with Crippen molar-refractivity contribution in [3.63, 3.8) is 0 Å². The van der Waals surface area contributed by atoms with Crippen LogP contribution in [0.25, 0.3) is 0 Å². The summed E-state index contributed by atoms with van der Waals surface area (Å²) in [7, 11) is 4.06. The molecule has 110 valence electrons. The van der Waals surface area contributed by atoms with Crippen molar-refractivity contribution >= 4 is 16.5 Å². The second kappa shape index (κ2) is 7.82. The highest BCUT2D eigenvalue weighted by atomic mass is 32.1. The van der Waals surface area contributed by atoms with E-state index >= 15 is 0 Å². The standard InChI is InChI=1S/C14H27N3OS/c1-10(2)13-12(9-15-5)19-14(16-13)17(6)7-8-18-11(3)4/h10-11,15H,7-9H2,1-6H3. The molecule has 1 heterocycles. The van der Waals surface area contributed by atoms with Crippen LogP contribution in [0.1, 0.15) is 44.2 Å². The van der Waals surface area contributed by atoms with Gasteiger partial charge < -0.3 is 15.0 Å². The number of likely N-dealkylation sites (N-methyl/N-ethyl adjacent to an activating group) is 1. The molecule has 0 spiro atoms. The Morgan fingerprint density at radius 1 is 1.32 bits per heavy atom. The van der Waals surface area contributed by atoms with Gasteiger partial charge in [-0.2, -0.15) is 0 Å². The van der Waals surface area contributed by atoms with Crippen molar-refractivity contribution in [3.05, 3.63) is 10.6 Å². The molecule has 0 saturated heterocycles. The van der Waals surface area contributed by atoms with Crippen LogP contribution in [0.3, 0.4) is 0 Å². The molecule has 1 aromatic heterocycles. The lowest BCUT2D eigenvalue weighted by Crippen LogP contribution is -2.23. The molecule has 19 heavy (non-hydrogen) atoms. The van der Waals surface area contributed by atoms with E-state index in [9.17, 15) is 0 Å². The number of aromatic nitrogens is 1. The number of hydrogen-bond donors (Lipinski definition) is 1. The van der Waals surface area contributed by atoms with Crippen molar-refractivity contribution in [3.8, 4) is 0 Å². The molecule has 1 N–H and O–H groups in total. The van der Waals surface area contributed by atoms with Crippen LogP contribution in [0.2, 0.25) is 0 Å². The van der Waals surface area contributed by atoms with Crippen molar-refractivity contribution in [2.24, 2.45) is 0 Å². The van der Waals surface area contributed by atoms with Crippen LogP contribution in [0.5, 0.6) is 0 Å². The van der Waals surface area contributed by atoms with E-state index in [2.05, 4.69) is 45.0 Å². The molecule has 0 aromatic carbocycles. The topological polar surface area (TPSA) is 37.4 Å². The summed E-state index contributed by atoms with van der Waals surface area (Å²) in [4.78, 5) is 8.29. The van der Waals surface area contributed by atoms with Gasteiger partial charge in [-0.05, 0) is 26.8 Å². The second-order valence-electron chi connectivity index (χ2n) is 5.33. The summed E-state index contributed by atoms with van der Waals surface area (Å²) in [5, 5.41) is 4.30. The molecule has 0 fully saturated rings. The second-order valence-corrected chi connectivity index (χ2v) is 6.39. The van der Waals surface area contributed by atoms with E-state index in [1.54, 1.807) is 11.3 Å². The van der Waals surface area contributed by atoms with Gasteiger partial charge in [0.1, 0.15) is 0 Å². The molecule has 1 rings (SSSR count). The first kappa shape index (κ1) is 16.4. The van der Waals surface area contributed by atoms with Crippen LogP contribution < -0.4 is 10.2 Å². The Kier molecular flexibility index (Phi) is 6.75. The lowest BCUT2D eigenvalue weighted by Gasteiger charge is -2.16. The van der Waals surface area contributed by atoms with Gasteiger partial charge in [0.15, 0.2) is 5.13 Å². The fourth-order valence-corrected chi connectivity index (χ4v) is 2.99. The monoisotopic (exact) mass is 285 g/mol. The third kappa shape index (κ3) is 5.09. The third-order valence-corrected chi connectivity index (χ3v) is 3.99. The van der Waals surface area contributed by atoms with Gasteiger partial charge in [0.25, 0.3) is 0 Å². The molecule has 0 amide bonds. The molecule has 0 atom stereocenters. The van der Waals surface area contributed by atoms with Gasteiger partial charge in [0.2, 0.25) is 0 Å². The van der Waals surface area contributed by atoms with E-state index < -0.39 is 0 Å². The van der Waals surface area contributed by atoms with Crippen molar-refractivity contribution in [1.82, 2.24) is 10.3 Å². The minimum Gasteiger partial charge on any atom is -0.377 e. The SMILES string of the molecule is CNCc1sc(N(C)CCOC(C)C)nc1C(C)C. The van der Waals surface area contributed by atoms with Crippen molar-refractivity contribution in [1.29, 1.82) is 0 Å². The number of ether oxygens (including phenoxy) is 1. The summed E-state index contributed by atoms with van der Waals surface area (Å²) in [5.41, 5.74) is 1.21. The highest BCUT2D eigenvalue weighted by Gasteiger charge is 2.15. The Labute approximate surface area is 121 Å². The predicted octanol–water partition coefficient (Wildman–Crippen LogP) is 2.85. The van der Waals surface area contributed by atoms with E-state index in [0.29, 0.717) is 5.92 Å². The Morgan fingerprint density at radius 2 is 2.00 bits per heavy atom. The maximum absolute atomic E-state index is 5.59. The molecule has 0 saturated carbocycles. The first-order valence-corrected chi connectivity index (χ1v) is 7.74. The Balaban J connectivity index is 2.68. The number of rotatable bonds is 8. The average molecular weight is 285 g/mol. The number of anilines is 1. The Morgan fingerprint density at radius 3 is 2.53 bits per heavy atom. The molecule has 0 unspecified atom stereocenters. The maximum atomic E-state index is 5.59. The summed E-state index contributed by atoms with van der Waals surface area (Å²) in [6.45, 7) is 11.0. The van der Waals surface area contributed by atoms with E-state index in [0.717, 1.165) is 24.8 Å².